The Bertz CT molecular complexity index is 915. The van der Waals surface area contributed by atoms with E-state index in [0.717, 1.165) is 21.1 Å². The Morgan fingerprint density at radius 2 is 1.80 bits per heavy atom. The van der Waals surface area contributed by atoms with Crippen LogP contribution in [0.25, 0.3) is 0 Å². The van der Waals surface area contributed by atoms with Crippen molar-refractivity contribution in [2.24, 2.45) is 0 Å². The minimum Gasteiger partial charge on any atom is -0.308 e. The van der Waals surface area contributed by atoms with Gasteiger partial charge < -0.3 is 10.6 Å². The largest absolute Gasteiger partial charge is 0.323 e. The summed E-state index contributed by atoms with van der Waals surface area (Å²) in [4.78, 5) is 25.2. The summed E-state index contributed by atoms with van der Waals surface area (Å²) in [5.41, 5.74) is 2.17. The topological polar surface area (TPSA) is 87.5 Å². The maximum atomic E-state index is 12.6. The number of carbonyl (C=O) groups is 1. The molecule has 2 aromatic rings. The fourth-order valence-corrected chi connectivity index (χ4v) is 5.17. The Balaban J connectivity index is 1.72. The predicted molar refractivity (Wildman–Crippen MR) is 126 cm³/mol. The number of urea groups is 1. The molecule has 1 aliphatic carbocycles. The van der Waals surface area contributed by atoms with Crippen LogP contribution in [0.3, 0.4) is 0 Å². The zero-order valence-corrected chi connectivity index (χ0v) is 19.8. The van der Waals surface area contributed by atoms with Crippen LogP contribution in [-0.2, 0) is 6.54 Å². The number of halogens is 2. The third kappa shape index (κ3) is 6.02. The molecule has 30 heavy (non-hydrogen) atoms. The van der Waals surface area contributed by atoms with Crippen LogP contribution in [0.1, 0.15) is 37.7 Å². The van der Waals surface area contributed by atoms with Gasteiger partial charge in [0, 0.05) is 39.4 Å². The summed E-state index contributed by atoms with van der Waals surface area (Å²) < 4.78 is 1.71. The van der Waals surface area contributed by atoms with Crippen molar-refractivity contribution in [1.29, 1.82) is 0 Å². The highest BCUT2D eigenvalue weighted by atomic mass is 79.9. The fraction of sp³-hybridized carbons (Fsp3) is 0.381. The SMILES string of the molecule is CN(Cc1cc(Br)cc(Br)c1NC(=O)Nc1ccc([N+](=O)[O-])cc1)C1CCCCC1. The first-order chi connectivity index (χ1) is 14.3. The maximum absolute atomic E-state index is 12.6. The molecule has 0 spiro atoms. The van der Waals surface area contributed by atoms with Crippen molar-refractivity contribution in [3.63, 3.8) is 0 Å². The second-order valence-corrected chi connectivity index (χ2v) is 9.28. The van der Waals surface area contributed by atoms with Gasteiger partial charge in [0.25, 0.3) is 5.69 Å². The van der Waals surface area contributed by atoms with E-state index in [9.17, 15) is 14.9 Å². The molecule has 1 fully saturated rings. The normalized spacial score (nSPS) is 14.5. The number of nitrogens with zero attached hydrogens (tertiary/aromatic N) is 2. The lowest BCUT2D eigenvalue weighted by Crippen LogP contribution is -2.33. The third-order valence-electron chi connectivity index (χ3n) is 5.33. The van der Waals surface area contributed by atoms with Gasteiger partial charge in [-0.15, -0.1) is 0 Å². The number of anilines is 2. The van der Waals surface area contributed by atoms with Gasteiger partial charge in [0.15, 0.2) is 0 Å². The molecule has 0 radical (unpaired) electrons. The van der Waals surface area contributed by atoms with E-state index in [-0.39, 0.29) is 5.69 Å². The number of non-ortho nitro benzene ring substituents is 1. The number of hydrogen-bond donors (Lipinski definition) is 2. The summed E-state index contributed by atoms with van der Waals surface area (Å²) in [5.74, 6) is 0. The molecule has 1 saturated carbocycles. The Labute approximate surface area is 192 Å². The fourth-order valence-electron chi connectivity index (χ4n) is 3.75. The number of carbonyl (C=O) groups excluding carboxylic acids is 1. The molecular weight excluding hydrogens is 516 g/mol. The van der Waals surface area contributed by atoms with Crippen molar-refractivity contribution in [3.05, 3.63) is 61.0 Å². The molecule has 2 amide bonds. The summed E-state index contributed by atoms with van der Waals surface area (Å²) in [6, 6.07) is 9.78. The second-order valence-electron chi connectivity index (χ2n) is 7.51. The number of nitro benzene ring substituents is 1. The van der Waals surface area contributed by atoms with E-state index < -0.39 is 11.0 Å². The Hall–Kier alpha value is -1.97. The molecule has 0 bridgehead atoms. The number of nitro groups is 1. The van der Waals surface area contributed by atoms with Gasteiger partial charge in [0.05, 0.1) is 10.6 Å². The van der Waals surface area contributed by atoms with Gasteiger partial charge >= 0.3 is 6.03 Å². The van der Waals surface area contributed by atoms with E-state index >= 15 is 0 Å². The average molecular weight is 540 g/mol. The molecule has 0 heterocycles. The van der Waals surface area contributed by atoms with E-state index in [1.54, 1.807) is 0 Å². The molecule has 1 aliphatic rings. The zero-order chi connectivity index (χ0) is 21.7. The van der Waals surface area contributed by atoms with Crippen molar-refractivity contribution in [3.8, 4) is 0 Å². The van der Waals surface area contributed by atoms with Crippen LogP contribution in [0, 0.1) is 10.1 Å². The first-order valence-corrected chi connectivity index (χ1v) is 11.4. The highest BCUT2D eigenvalue weighted by Crippen LogP contribution is 2.33. The number of benzene rings is 2. The lowest BCUT2D eigenvalue weighted by Gasteiger charge is -2.32. The van der Waals surface area contributed by atoms with E-state index in [1.807, 2.05) is 12.1 Å². The molecule has 3 rings (SSSR count). The van der Waals surface area contributed by atoms with Gasteiger partial charge in [-0.25, -0.2) is 4.79 Å². The van der Waals surface area contributed by atoms with Crippen LogP contribution < -0.4 is 10.6 Å². The maximum Gasteiger partial charge on any atom is 0.323 e. The van der Waals surface area contributed by atoms with Crippen molar-refractivity contribution in [2.45, 2.75) is 44.7 Å². The van der Waals surface area contributed by atoms with Gasteiger partial charge in [-0.1, -0.05) is 35.2 Å². The quantitative estimate of drug-likeness (QED) is 0.322. The smallest absolute Gasteiger partial charge is 0.308 e. The summed E-state index contributed by atoms with van der Waals surface area (Å²) >= 11 is 7.10. The molecule has 0 saturated heterocycles. The van der Waals surface area contributed by atoms with Crippen LogP contribution >= 0.6 is 31.9 Å². The minimum atomic E-state index is -0.474. The van der Waals surface area contributed by atoms with E-state index in [0.29, 0.717) is 17.4 Å². The lowest BCUT2D eigenvalue weighted by atomic mass is 9.94. The van der Waals surface area contributed by atoms with Crippen molar-refractivity contribution in [1.82, 2.24) is 4.90 Å². The zero-order valence-electron chi connectivity index (χ0n) is 16.7. The first-order valence-electron chi connectivity index (χ1n) is 9.84. The Morgan fingerprint density at radius 1 is 1.13 bits per heavy atom. The first kappa shape index (κ1) is 22.7. The highest BCUT2D eigenvalue weighted by molar-refractivity contribution is 9.11. The Kier molecular flexibility index (Phi) is 7.85. The summed E-state index contributed by atoms with van der Waals surface area (Å²) in [6.45, 7) is 0.718. The van der Waals surface area contributed by atoms with Crippen LogP contribution in [0.4, 0.5) is 21.9 Å². The molecule has 2 aromatic carbocycles. The Morgan fingerprint density at radius 3 is 2.43 bits per heavy atom. The van der Waals surface area contributed by atoms with Gasteiger partial charge in [0.1, 0.15) is 0 Å². The number of amides is 2. The second kappa shape index (κ2) is 10.4. The summed E-state index contributed by atoms with van der Waals surface area (Å²) in [6.07, 6.45) is 6.24. The van der Waals surface area contributed by atoms with Crippen LogP contribution in [0.5, 0.6) is 0 Å². The molecule has 0 aliphatic heterocycles. The standard InChI is InChI=1S/C21H24Br2N4O3/c1-26(17-5-3-2-4-6-17)13-14-11-15(22)12-19(23)20(14)25-21(28)24-16-7-9-18(10-8-16)27(29)30/h7-12,17H,2-6,13H2,1H3,(H2,24,25,28). The van der Waals surface area contributed by atoms with Crippen molar-refractivity contribution >= 4 is 55.0 Å². The average Bonchev–Trinajstić information content (AvgIpc) is 2.71. The third-order valence-corrected chi connectivity index (χ3v) is 6.41. The highest BCUT2D eigenvalue weighted by Gasteiger charge is 2.20. The number of nitrogens with one attached hydrogen (secondary N) is 2. The van der Waals surface area contributed by atoms with Gasteiger partial charge in [-0.2, -0.15) is 0 Å². The van der Waals surface area contributed by atoms with E-state index in [2.05, 4.69) is 54.4 Å². The minimum absolute atomic E-state index is 0.0235. The van der Waals surface area contributed by atoms with Gasteiger partial charge in [0.2, 0.25) is 0 Å². The summed E-state index contributed by atoms with van der Waals surface area (Å²) in [7, 11) is 2.13. The number of hydrogen-bond acceptors (Lipinski definition) is 4. The van der Waals surface area contributed by atoms with E-state index in [1.165, 1.54) is 56.4 Å². The van der Waals surface area contributed by atoms with Crippen LogP contribution in [-0.4, -0.2) is 28.9 Å². The van der Waals surface area contributed by atoms with Crippen molar-refractivity contribution in [2.75, 3.05) is 17.7 Å². The molecular formula is C21H24Br2N4O3. The molecule has 0 aromatic heterocycles. The lowest BCUT2D eigenvalue weighted by molar-refractivity contribution is -0.384. The molecule has 7 nitrogen and oxygen atoms in total. The van der Waals surface area contributed by atoms with Crippen LogP contribution in [0.2, 0.25) is 0 Å². The molecule has 9 heteroatoms. The number of rotatable bonds is 6. The van der Waals surface area contributed by atoms with Gasteiger partial charge in [-0.05, 0) is 65.6 Å². The molecule has 2 N–H and O–H groups in total. The molecule has 160 valence electrons. The molecule has 0 unspecified atom stereocenters. The van der Waals surface area contributed by atoms with Gasteiger partial charge in [-0.3, -0.25) is 15.0 Å². The van der Waals surface area contributed by atoms with Crippen molar-refractivity contribution < 1.29 is 9.72 Å². The molecule has 0 atom stereocenters. The predicted octanol–water partition coefficient (Wildman–Crippen LogP) is 6.53. The van der Waals surface area contributed by atoms with E-state index in [4.69, 9.17) is 0 Å². The van der Waals surface area contributed by atoms with Crippen LogP contribution in [0.15, 0.2) is 45.3 Å². The monoisotopic (exact) mass is 538 g/mol. The summed E-state index contributed by atoms with van der Waals surface area (Å²) in [5, 5.41) is 16.4.